The number of hydrogen-bond acceptors (Lipinski definition) is 9. The molecule has 35 heavy (non-hydrogen) atoms. The summed E-state index contributed by atoms with van der Waals surface area (Å²) < 4.78 is 23.3. The molecule has 0 radical (unpaired) electrons. The van der Waals surface area contributed by atoms with Crippen LogP contribution in [-0.2, 0) is 13.8 Å². The molecule has 0 bridgehead atoms. The summed E-state index contributed by atoms with van der Waals surface area (Å²) in [5.74, 6) is 0. The number of nitrogens with zero attached hydrogens (tertiary/aromatic N) is 1. The molecule has 1 aliphatic heterocycles. The maximum atomic E-state index is 12.0. The van der Waals surface area contributed by atoms with Crippen molar-refractivity contribution in [1.82, 2.24) is 25.5 Å². The lowest BCUT2D eigenvalue weighted by Gasteiger charge is -2.19. The fourth-order valence-corrected chi connectivity index (χ4v) is 4.46. The lowest BCUT2D eigenvalue weighted by Crippen LogP contribution is -2.35. The van der Waals surface area contributed by atoms with E-state index in [4.69, 9.17) is 15.0 Å². The molecule has 2 unspecified atom stereocenters. The van der Waals surface area contributed by atoms with Gasteiger partial charge in [0.2, 0.25) is 0 Å². The number of rotatable bonds is 19. The molecule has 2 rings (SSSR count). The van der Waals surface area contributed by atoms with E-state index in [0.29, 0.717) is 13.1 Å². The summed E-state index contributed by atoms with van der Waals surface area (Å²) in [5.41, 5.74) is 4.28. The van der Waals surface area contributed by atoms with E-state index >= 15 is 0 Å². The first kappa shape index (κ1) is 29.8. The van der Waals surface area contributed by atoms with Crippen LogP contribution in [0, 0.1) is 0 Å². The van der Waals surface area contributed by atoms with E-state index < -0.39 is 37.5 Å². The first-order chi connectivity index (χ1) is 16.8. The topological polar surface area (TPSA) is 193 Å². The molecular weight excluding hydrogens is 479 g/mol. The summed E-state index contributed by atoms with van der Waals surface area (Å²) in [4.78, 5) is 43.9. The predicted molar refractivity (Wildman–Crippen MR) is 132 cm³/mol. The standard InChI is InChI=1S/C21H41N6O7P/c22-8-1-2-9-23-10-3-4-11-24-12-5-6-13-25-16-18-17(34-35(30,31)32)15-20(33-18)27-14-7-19(28)26-21(27)29/h7,14,17-18,20,23-25H,1-6,8-13,15-16,22H2,(H,26,28,29)(H2,30,31,32)/t17-,18?,20?/m0/s1. The van der Waals surface area contributed by atoms with Crippen LogP contribution in [0.25, 0.3) is 0 Å². The van der Waals surface area contributed by atoms with Gasteiger partial charge in [0, 0.05) is 25.2 Å². The Bertz CT molecular complexity index is 876. The van der Waals surface area contributed by atoms with Gasteiger partial charge < -0.3 is 36.2 Å². The van der Waals surface area contributed by atoms with Crippen molar-refractivity contribution >= 4 is 7.82 Å². The highest BCUT2D eigenvalue weighted by Gasteiger charge is 2.40. The van der Waals surface area contributed by atoms with Crippen molar-refractivity contribution in [3.8, 4) is 0 Å². The van der Waals surface area contributed by atoms with E-state index in [9.17, 15) is 23.9 Å². The van der Waals surface area contributed by atoms with Gasteiger partial charge in [-0.05, 0) is 77.8 Å². The van der Waals surface area contributed by atoms with Crippen LogP contribution >= 0.6 is 7.82 Å². The highest BCUT2D eigenvalue weighted by molar-refractivity contribution is 7.46. The minimum Gasteiger partial charge on any atom is -0.350 e. The first-order valence-corrected chi connectivity index (χ1v) is 13.9. The third kappa shape index (κ3) is 12.4. The zero-order valence-corrected chi connectivity index (χ0v) is 21.1. The summed E-state index contributed by atoms with van der Waals surface area (Å²) >= 11 is 0. The second-order valence-corrected chi connectivity index (χ2v) is 9.82. The fourth-order valence-electron chi connectivity index (χ4n) is 3.88. The number of aromatic nitrogens is 2. The smallest absolute Gasteiger partial charge is 0.350 e. The maximum Gasteiger partial charge on any atom is 0.469 e. The van der Waals surface area contributed by atoms with Crippen LogP contribution in [0.4, 0.5) is 0 Å². The second kappa shape index (κ2) is 16.4. The normalized spacial score (nSPS) is 20.5. The van der Waals surface area contributed by atoms with Crippen molar-refractivity contribution in [2.75, 3.05) is 45.8 Å². The van der Waals surface area contributed by atoms with E-state index in [0.717, 1.165) is 71.2 Å². The number of phosphoric acid groups is 1. The Labute approximate surface area is 205 Å². The van der Waals surface area contributed by atoms with E-state index in [-0.39, 0.29) is 6.42 Å². The fraction of sp³-hybridized carbons (Fsp3) is 0.810. The Morgan fingerprint density at radius 3 is 2.14 bits per heavy atom. The second-order valence-electron chi connectivity index (χ2n) is 8.63. The highest BCUT2D eigenvalue weighted by Crippen LogP contribution is 2.43. The summed E-state index contributed by atoms with van der Waals surface area (Å²) in [6.45, 7) is 5.74. The Kier molecular flexibility index (Phi) is 13.9. The van der Waals surface area contributed by atoms with Crippen molar-refractivity contribution in [3.63, 3.8) is 0 Å². The van der Waals surface area contributed by atoms with Crippen LogP contribution in [0.3, 0.4) is 0 Å². The van der Waals surface area contributed by atoms with E-state index in [1.807, 2.05) is 0 Å². The molecule has 3 atom stereocenters. The summed E-state index contributed by atoms with van der Waals surface area (Å²) in [6.07, 6.45) is 5.39. The van der Waals surface area contributed by atoms with Gasteiger partial charge in [0.15, 0.2) is 0 Å². The third-order valence-corrected chi connectivity index (χ3v) is 6.23. The predicted octanol–water partition coefficient (Wildman–Crippen LogP) is -0.630. The lowest BCUT2D eigenvalue weighted by atomic mass is 10.1. The van der Waals surface area contributed by atoms with Gasteiger partial charge in [0.1, 0.15) is 12.3 Å². The average molecular weight is 521 g/mol. The molecule has 202 valence electrons. The van der Waals surface area contributed by atoms with Gasteiger partial charge in [-0.3, -0.25) is 18.9 Å². The van der Waals surface area contributed by atoms with Crippen LogP contribution < -0.4 is 32.9 Å². The van der Waals surface area contributed by atoms with E-state index in [1.54, 1.807) is 0 Å². The number of nitrogens with one attached hydrogen (secondary N) is 4. The number of unbranched alkanes of at least 4 members (excludes halogenated alkanes) is 3. The highest BCUT2D eigenvalue weighted by atomic mass is 31.2. The van der Waals surface area contributed by atoms with Crippen LogP contribution in [0.15, 0.2) is 21.9 Å². The molecule has 1 fully saturated rings. The van der Waals surface area contributed by atoms with Crippen molar-refractivity contribution in [1.29, 1.82) is 0 Å². The van der Waals surface area contributed by atoms with Gasteiger partial charge in [0.05, 0.1) is 6.10 Å². The SMILES string of the molecule is NCCCCNCCCCNCCCCNCC1OC(n2ccc(=O)[nH]c2=O)C[C@@H]1OP(=O)(O)O. The molecule has 0 aromatic carbocycles. The Hall–Kier alpha value is -1.41. The molecule has 13 nitrogen and oxygen atoms in total. The molecule has 1 aromatic heterocycles. The van der Waals surface area contributed by atoms with E-state index in [1.165, 1.54) is 16.8 Å². The van der Waals surface area contributed by atoms with Crippen LogP contribution in [0.1, 0.15) is 51.2 Å². The van der Waals surface area contributed by atoms with Gasteiger partial charge in [0.25, 0.3) is 5.56 Å². The number of ether oxygens (including phenoxy) is 1. The first-order valence-electron chi connectivity index (χ1n) is 12.3. The van der Waals surface area contributed by atoms with Crippen molar-refractivity contribution < 1.29 is 23.6 Å². The Morgan fingerprint density at radius 2 is 1.60 bits per heavy atom. The molecule has 0 aliphatic carbocycles. The van der Waals surface area contributed by atoms with Gasteiger partial charge in [-0.2, -0.15) is 0 Å². The molecule has 8 N–H and O–H groups in total. The number of H-pyrrole nitrogens is 1. The number of phosphoric ester groups is 1. The molecule has 2 heterocycles. The molecule has 1 aliphatic rings. The molecule has 0 saturated carbocycles. The summed E-state index contributed by atoms with van der Waals surface area (Å²) in [6, 6.07) is 1.19. The van der Waals surface area contributed by atoms with Gasteiger partial charge in [-0.25, -0.2) is 9.36 Å². The van der Waals surface area contributed by atoms with Crippen LogP contribution in [0.2, 0.25) is 0 Å². The number of hydrogen-bond donors (Lipinski definition) is 7. The van der Waals surface area contributed by atoms with Gasteiger partial charge in [-0.1, -0.05) is 0 Å². The molecule has 1 aromatic rings. The zero-order chi connectivity index (χ0) is 25.5. The summed E-state index contributed by atoms with van der Waals surface area (Å²) in [7, 11) is -4.73. The maximum absolute atomic E-state index is 12.0. The van der Waals surface area contributed by atoms with Crippen molar-refractivity contribution in [2.45, 2.75) is 63.4 Å². The monoisotopic (exact) mass is 520 g/mol. The van der Waals surface area contributed by atoms with Crippen molar-refractivity contribution in [3.05, 3.63) is 33.1 Å². The average Bonchev–Trinajstić information content (AvgIpc) is 3.16. The summed E-state index contributed by atoms with van der Waals surface area (Å²) in [5, 5.41) is 10.1. The lowest BCUT2D eigenvalue weighted by molar-refractivity contribution is -0.0190. The zero-order valence-electron chi connectivity index (χ0n) is 20.2. The number of aromatic amines is 1. The van der Waals surface area contributed by atoms with E-state index in [2.05, 4.69) is 20.9 Å². The third-order valence-electron chi connectivity index (χ3n) is 5.68. The molecule has 0 spiro atoms. The molecular formula is C21H41N6O7P. The van der Waals surface area contributed by atoms with Gasteiger partial charge >= 0.3 is 13.5 Å². The largest absolute Gasteiger partial charge is 0.469 e. The minimum atomic E-state index is -4.73. The minimum absolute atomic E-state index is 0.0660. The molecule has 1 saturated heterocycles. The van der Waals surface area contributed by atoms with Crippen molar-refractivity contribution in [2.24, 2.45) is 5.73 Å². The quantitative estimate of drug-likeness (QED) is 0.0907. The van der Waals surface area contributed by atoms with Gasteiger partial charge in [-0.15, -0.1) is 0 Å². The molecule has 14 heteroatoms. The number of nitrogens with two attached hydrogens (primary N) is 1. The molecule has 0 amide bonds. The Balaban J connectivity index is 1.60. The van der Waals surface area contributed by atoms with Crippen LogP contribution in [-0.4, -0.2) is 77.4 Å². The van der Waals surface area contributed by atoms with Crippen LogP contribution in [0.5, 0.6) is 0 Å². The Morgan fingerprint density at radius 1 is 1.03 bits per heavy atom.